The fraction of sp³-hybridized carbons (Fsp3) is 0.562. The van der Waals surface area contributed by atoms with Gasteiger partial charge in [0.25, 0.3) is 5.91 Å². The Hall–Kier alpha value is -1.35. The largest absolute Gasteiger partial charge is 0.384 e. The molecule has 2 rings (SSSR count). The summed E-state index contributed by atoms with van der Waals surface area (Å²) >= 11 is 1.40. The van der Waals surface area contributed by atoms with Gasteiger partial charge in [-0.15, -0.1) is 11.3 Å². The Morgan fingerprint density at radius 1 is 1.48 bits per heavy atom. The number of likely N-dealkylation sites (N-methyl/N-ethyl adjacent to an activating group) is 1. The predicted octanol–water partition coefficient (Wildman–Crippen LogP) is 1.57. The second kappa shape index (κ2) is 7.60. The number of aliphatic hydroxyl groups is 1. The van der Waals surface area contributed by atoms with Crippen molar-refractivity contribution in [1.29, 1.82) is 0 Å². The fourth-order valence-electron chi connectivity index (χ4n) is 2.42. The van der Waals surface area contributed by atoms with Gasteiger partial charge in [-0.3, -0.25) is 4.79 Å². The van der Waals surface area contributed by atoms with E-state index in [9.17, 15) is 4.79 Å². The van der Waals surface area contributed by atoms with Crippen molar-refractivity contribution >= 4 is 17.2 Å². The van der Waals surface area contributed by atoms with Crippen LogP contribution in [0.2, 0.25) is 0 Å². The van der Waals surface area contributed by atoms with Gasteiger partial charge in [0.15, 0.2) is 0 Å². The number of nitrogens with zero attached hydrogens (tertiary/aromatic N) is 2. The van der Waals surface area contributed by atoms with Crippen LogP contribution in [0.15, 0.2) is 6.07 Å². The van der Waals surface area contributed by atoms with Gasteiger partial charge >= 0.3 is 0 Å². The Morgan fingerprint density at radius 3 is 2.86 bits per heavy atom. The molecule has 4 nitrogen and oxygen atoms in total. The molecule has 114 valence electrons. The first kappa shape index (κ1) is 16.0. The summed E-state index contributed by atoms with van der Waals surface area (Å²) in [7, 11) is 1.85. The lowest BCUT2D eigenvalue weighted by Crippen LogP contribution is -2.34. The molecule has 2 heterocycles. The molecule has 0 radical (unpaired) electrons. The van der Waals surface area contributed by atoms with Crippen LogP contribution in [0.5, 0.6) is 0 Å². The molecule has 1 fully saturated rings. The maximum absolute atomic E-state index is 12.4. The number of thiophene rings is 1. The molecule has 0 spiro atoms. The number of carbonyl (C=O) groups excluding carboxylic acids is 1. The van der Waals surface area contributed by atoms with E-state index in [0.29, 0.717) is 0 Å². The highest BCUT2D eigenvalue weighted by Gasteiger charge is 2.17. The summed E-state index contributed by atoms with van der Waals surface area (Å²) in [6.07, 6.45) is 2.54. The van der Waals surface area contributed by atoms with Crippen LogP contribution in [0.4, 0.5) is 0 Å². The van der Waals surface area contributed by atoms with Crippen LogP contribution in [0.3, 0.4) is 0 Å². The lowest BCUT2D eigenvalue weighted by molar-refractivity contribution is 0.0787. The molecule has 0 bridgehead atoms. The Balaban J connectivity index is 1.95. The first-order chi connectivity index (χ1) is 10.1. The number of rotatable bonds is 4. The van der Waals surface area contributed by atoms with Crippen LogP contribution in [0.25, 0.3) is 0 Å². The van der Waals surface area contributed by atoms with Gasteiger partial charge < -0.3 is 14.9 Å². The summed E-state index contributed by atoms with van der Waals surface area (Å²) in [5.41, 5.74) is 0.997. The molecule has 1 aromatic rings. The van der Waals surface area contributed by atoms with Crippen molar-refractivity contribution in [3.8, 4) is 11.8 Å². The molecule has 5 heteroatoms. The highest BCUT2D eigenvalue weighted by atomic mass is 32.1. The van der Waals surface area contributed by atoms with Crippen molar-refractivity contribution in [1.82, 2.24) is 9.80 Å². The van der Waals surface area contributed by atoms with Crippen LogP contribution in [0, 0.1) is 18.8 Å². The third-order valence-electron chi connectivity index (χ3n) is 3.71. The Bertz CT molecular complexity index is 550. The first-order valence-electron chi connectivity index (χ1n) is 7.30. The quantitative estimate of drug-likeness (QED) is 0.859. The molecule has 1 aromatic heterocycles. The molecular weight excluding hydrogens is 284 g/mol. The van der Waals surface area contributed by atoms with E-state index in [4.69, 9.17) is 5.11 Å². The van der Waals surface area contributed by atoms with Crippen LogP contribution < -0.4 is 0 Å². The normalized spacial score (nSPS) is 14.8. The second-order valence-corrected chi connectivity index (χ2v) is 6.41. The molecule has 0 saturated carbocycles. The molecule has 21 heavy (non-hydrogen) atoms. The minimum absolute atomic E-state index is 0.0549. The summed E-state index contributed by atoms with van der Waals surface area (Å²) in [6.45, 7) is 5.80. The third kappa shape index (κ3) is 4.31. The second-order valence-electron chi connectivity index (χ2n) is 5.36. The maximum atomic E-state index is 12.4. The zero-order valence-electron chi connectivity index (χ0n) is 12.7. The van der Waals surface area contributed by atoms with Crippen molar-refractivity contribution in [3.63, 3.8) is 0 Å². The van der Waals surface area contributed by atoms with Crippen LogP contribution in [-0.4, -0.2) is 60.6 Å². The van der Waals surface area contributed by atoms with Crippen molar-refractivity contribution in [3.05, 3.63) is 21.4 Å². The number of aliphatic hydroxyl groups excluding tert-OH is 1. The summed E-state index contributed by atoms with van der Waals surface area (Å²) in [6, 6.07) is 1.89. The Kier molecular flexibility index (Phi) is 5.80. The molecule has 1 aliphatic heterocycles. The van der Waals surface area contributed by atoms with E-state index >= 15 is 0 Å². The number of amides is 1. The first-order valence-corrected chi connectivity index (χ1v) is 8.11. The van der Waals surface area contributed by atoms with Gasteiger partial charge in [0.2, 0.25) is 0 Å². The number of carbonyl (C=O) groups is 1. The molecule has 1 aliphatic rings. The Morgan fingerprint density at radius 2 is 2.19 bits per heavy atom. The van der Waals surface area contributed by atoms with E-state index in [-0.39, 0.29) is 12.5 Å². The number of hydrogen-bond acceptors (Lipinski definition) is 4. The van der Waals surface area contributed by atoms with E-state index in [2.05, 4.69) is 16.7 Å². The standard InChI is InChI=1S/C16H22N2O2S/c1-13-12-15(21-14(13)6-5-11-19)16(20)17(2)9-10-18-7-3-4-8-18/h12,19H,3-4,7-11H2,1-2H3. The average molecular weight is 306 g/mol. The molecule has 0 aromatic carbocycles. The molecule has 0 unspecified atom stereocenters. The topological polar surface area (TPSA) is 43.8 Å². The SMILES string of the molecule is Cc1cc(C(=O)N(C)CCN2CCCC2)sc1C#CCO. The third-order valence-corrected chi connectivity index (χ3v) is 4.85. The molecule has 0 aliphatic carbocycles. The summed E-state index contributed by atoms with van der Waals surface area (Å²) < 4.78 is 0. The van der Waals surface area contributed by atoms with Crippen molar-refractivity contribution in [2.45, 2.75) is 19.8 Å². The average Bonchev–Trinajstić information content (AvgIpc) is 3.11. The molecule has 1 amide bonds. The smallest absolute Gasteiger partial charge is 0.263 e. The van der Waals surface area contributed by atoms with Gasteiger partial charge in [0.1, 0.15) is 6.61 Å². The maximum Gasteiger partial charge on any atom is 0.263 e. The zero-order valence-corrected chi connectivity index (χ0v) is 13.5. The molecular formula is C16H22N2O2S. The van der Waals surface area contributed by atoms with Crippen molar-refractivity contribution in [2.75, 3.05) is 39.8 Å². The van der Waals surface area contributed by atoms with E-state index < -0.39 is 0 Å². The highest BCUT2D eigenvalue weighted by molar-refractivity contribution is 7.14. The van der Waals surface area contributed by atoms with Gasteiger partial charge in [-0.1, -0.05) is 11.8 Å². The minimum atomic E-state index is -0.156. The lowest BCUT2D eigenvalue weighted by atomic mass is 10.2. The van der Waals surface area contributed by atoms with Crippen molar-refractivity contribution < 1.29 is 9.90 Å². The highest BCUT2D eigenvalue weighted by Crippen LogP contribution is 2.22. The van der Waals surface area contributed by atoms with E-state index in [0.717, 1.165) is 41.5 Å². The van der Waals surface area contributed by atoms with Gasteiger partial charge in [-0.05, 0) is 44.5 Å². The summed E-state index contributed by atoms with van der Waals surface area (Å²) in [5.74, 6) is 5.58. The lowest BCUT2D eigenvalue weighted by Gasteiger charge is -2.21. The number of likely N-dealkylation sites (tertiary alicyclic amines) is 1. The number of hydrogen-bond donors (Lipinski definition) is 1. The number of aryl methyl sites for hydroxylation is 1. The van der Waals surface area contributed by atoms with Gasteiger partial charge in [-0.25, -0.2) is 0 Å². The zero-order chi connectivity index (χ0) is 15.2. The monoisotopic (exact) mass is 306 g/mol. The summed E-state index contributed by atoms with van der Waals surface area (Å²) in [5, 5.41) is 8.75. The minimum Gasteiger partial charge on any atom is -0.384 e. The van der Waals surface area contributed by atoms with Crippen molar-refractivity contribution in [2.24, 2.45) is 0 Å². The van der Waals surface area contributed by atoms with E-state index in [1.165, 1.54) is 24.2 Å². The molecule has 1 N–H and O–H groups in total. The summed E-state index contributed by atoms with van der Waals surface area (Å²) in [4.78, 5) is 18.2. The van der Waals surface area contributed by atoms with Gasteiger partial charge in [0, 0.05) is 20.1 Å². The van der Waals surface area contributed by atoms with Gasteiger partial charge in [-0.2, -0.15) is 0 Å². The fourth-order valence-corrected chi connectivity index (χ4v) is 3.46. The predicted molar refractivity (Wildman–Crippen MR) is 85.7 cm³/mol. The Labute approximate surface area is 130 Å². The van der Waals surface area contributed by atoms with E-state index in [1.54, 1.807) is 4.90 Å². The van der Waals surface area contributed by atoms with Crippen LogP contribution >= 0.6 is 11.3 Å². The molecule has 0 atom stereocenters. The molecule has 1 saturated heterocycles. The van der Waals surface area contributed by atoms with E-state index in [1.807, 2.05) is 20.0 Å². The van der Waals surface area contributed by atoms with Crippen LogP contribution in [-0.2, 0) is 0 Å². The van der Waals surface area contributed by atoms with Crippen LogP contribution in [0.1, 0.15) is 33.0 Å². The van der Waals surface area contributed by atoms with Gasteiger partial charge in [0.05, 0.1) is 9.75 Å².